The molecule has 3 aromatic heterocycles. The average Bonchev–Trinajstić information content (AvgIpc) is 3.27. The van der Waals surface area contributed by atoms with Crippen LogP contribution >= 0.6 is 11.8 Å². The van der Waals surface area contributed by atoms with E-state index in [0.717, 1.165) is 11.3 Å². The van der Waals surface area contributed by atoms with Crippen LogP contribution in [0.3, 0.4) is 0 Å². The molecule has 9 nitrogen and oxygen atoms in total. The van der Waals surface area contributed by atoms with Crippen LogP contribution in [0.4, 0.5) is 5.82 Å². The number of nitrogens with one attached hydrogen (secondary N) is 1. The van der Waals surface area contributed by atoms with Crippen LogP contribution in [0.5, 0.6) is 0 Å². The van der Waals surface area contributed by atoms with Crippen LogP contribution in [0.25, 0.3) is 16.9 Å². The number of aromatic nitrogens is 6. The Hall–Kier alpha value is -3.27. The Kier molecular flexibility index (Phi) is 4.55. The van der Waals surface area contributed by atoms with Crippen molar-refractivity contribution >= 4 is 34.7 Å². The minimum absolute atomic E-state index is 0.148. The van der Waals surface area contributed by atoms with Gasteiger partial charge < -0.3 is 9.84 Å². The summed E-state index contributed by atoms with van der Waals surface area (Å²) in [6.45, 7) is 3.78. The molecule has 0 saturated carbocycles. The van der Waals surface area contributed by atoms with Crippen molar-refractivity contribution in [1.29, 1.82) is 0 Å². The first-order valence-corrected chi connectivity index (χ1v) is 9.08. The Morgan fingerprint density at radius 1 is 1.22 bits per heavy atom. The van der Waals surface area contributed by atoms with Crippen LogP contribution < -0.4 is 5.32 Å². The van der Waals surface area contributed by atoms with E-state index < -0.39 is 0 Å². The van der Waals surface area contributed by atoms with Gasteiger partial charge in [-0.3, -0.25) is 4.79 Å². The number of carbonyl (C=O) groups is 1. The van der Waals surface area contributed by atoms with Gasteiger partial charge in [0.2, 0.25) is 5.91 Å². The maximum atomic E-state index is 12.1. The summed E-state index contributed by atoms with van der Waals surface area (Å²) < 4.78 is 6.58. The highest BCUT2D eigenvalue weighted by Gasteiger charge is 2.15. The van der Waals surface area contributed by atoms with Gasteiger partial charge in [-0.1, -0.05) is 39.8 Å². The lowest BCUT2D eigenvalue weighted by Crippen LogP contribution is -2.14. The molecule has 1 aromatic carbocycles. The lowest BCUT2D eigenvalue weighted by molar-refractivity contribution is -0.113. The Balaban J connectivity index is 1.52. The van der Waals surface area contributed by atoms with E-state index in [1.165, 1.54) is 18.1 Å². The van der Waals surface area contributed by atoms with E-state index in [1.807, 2.05) is 31.2 Å². The normalized spacial score (nSPS) is 11.0. The fourth-order valence-electron chi connectivity index (χ4n) is 2.43. The minimum Gasteiger partial charge on any atom is -0.360 e. The molecule has 0 bridgehead atoms. The van der Waals surface area contributed by atoms with Gasteiger partial charge in [-0.25, -0.2) is 9.97 Å². The van der Waals surface area contributed by atoms with Crippen LogP contribution in [0.2, 0.25) is 0 Å². The predicted octanol–water partition coefficient (Wildman–Crippen LogP) is 2.55. The molecule has 0 saturated heterocycles. The van der Waals surface area contributed by atoms with Crippen molar-refractivity contribution in [3.05, 3.63) is 48.0 Å². The molecular formula is C17H15N7O2S. The third-order valence-electron chi connectivity index (χ3n) is 3.72. The second kappa shape index (κ2) is 7.16. The van der Waals surface area contributed by atoms with E-state index in [4.69, 9.17) is 4.52 Å². The molecule has 136 valence electrons. The van der Waals surface area contributed by atoms with Gasteiger partial charge in [-0.2, -0.15) is 4.68 Å². The lowest BCUT2D eigenvalue weighted by atomic mass is 10.2. The highest BCUT2D eigenvalue weighted by Crippen LogP contribution is 2.24. The molecule has 0 aliphatic carbocycles. The molecule has 10 heteroatoms. The van der Waals surface area contributed by atoms with Crippen molar-refractivity contribution in [2.24, 2.45) is 0 Å². The summed E-state index contributed by atoms with van der Waals surface area (Å²) in [5.41, 5.74) is 3.15. The summed E-state index contributed by atoms with van der Waals surface area (Å²) in [6.07, 6.45) is 1.44. The lowest BCUT2D eigenvalue weighted by Gasteiger charge is -2.03. The first kappa shape index (κ1) is 17.2. The van der Waals surface area contributed by atoms with Gasteiger partial charge in [0, 0.05) is 6.07 Å². The number of hydrogen-bond acceptors (Lipinski definition) is 8. The minimum atomic E-state index is -0.217. The fourth-order valence-corrected chi connectivity index (χ4v) is 3.16. The Morgan fingerprint density at radius 3 is 2.78 bits per heavy atom. The van der Waals surface area contributed by atoms with Crippen LogP contribution in [-0.4, -0.2) is 41.8 Å². The molecule has 1 amide bonds. The summed E-state index contributed by atoms with van der Waals surface area (Å²) in [6, 6.07) is 9.54. The number of amides is 1. The first-order chi connectivity index (χ1) is 13.1. The number of nitrogens with zero attached hydrogens (tertiary/aromatic N) is 6. The van der Waals surface area contributed by atoms with Crippen molar-refractivity contribution in [3.63, 3.8) is 0 Å². The van der Waals surface area contributed by atoms with Crippen LogP contribution in [0, 0.1) is 13.8 Å². The molecule has 0 aliphatic heterocycles. The zero-order valence-electron chi connectivity index (χ0n) is 14.6. The zero-order chi connectivity index (χ0) is 18.8. The SMILES string of the molecule is Cc1ccc(-n2nnc3c(SCC(=O)Nc4cc(C)on4)ncnc32)cc1. The van der Waals surface area contributed by atoms with Crippen molar-refractivity contribution in [3.8, 4) is 5.69 Å². The van der Waals surface area contributed by atoms with Crippen molar-refractivity contribution in [2.45, 2.75) is 18.9 Å². The van der Waals surface area contributed by atoms with E-state index in [-0.39, 0.29) is 11.7 Å². The summed E-state index contributed by atoms with van der Waals surface area (Å²) in [5, 5.41) is 15.4. The fraction of sp³-hybridized carbons (Fsp3) is 0.176. The number of carbonyl (C=O) groups excluding carboxylic acids is 1. The first-order valence-electron chi connectivity index (χ1n) is 8.09. The van der Waals surface area contributed by atoms with Gasteiger partial charge in [-0.05, 0) is 26.0 Å². The van der Waals surface area contributed by atoms with Crippen molar-refractivity contribution < 1.29 is 9.32 Å². The zero-order valence-corrected chi connectivity index (χ0v) is 15.4. The van der Waals surface area contributed by atoms with Crippen LogP contribution in [0.1, 0.15) is 11.3 Å². The van der Waals surface area contributed by atoms with Crippen LogP contribution in [0.15, 0.2) is 46.2 Å². The van der Waals surface area contributed by atoms with Crippen LogP contribution in [-0.2, 0) is 4.79 Å². The maximum absolute atomic E-state index is 12.1. The number of benzene rings is 1. The van der Waals surface area contributed by atoms with E-state index in [0.29, 0.717) is 27.8 Å². The summed E-state index contributed by atoms with van der Waals surface area (Å²) in [7, 11) is 0. The molecular weight excluding hydrogens is 366 g/mol. The van der Waals surface area contributed by atoms with Gasteiger partial charge in [0.1, 0.15) is 17.1 Å². The predicted molar refractivity (Wildman–Crippen MR) is 99.8 cm³/mol. The number of rotatable bonds is 5. The van der Waals surface area contributed by atoms with E-state index in [9.17, 15) is 4.79 Å². The van der Waals surface area contributed by atoms with Gasteiger partial charge in [0.15, 0.2) is 17.0 Å². The summed E-state index contributed by atoms with van der Waals surface area (Å²) >= 11 is 1.26. The topological polar surface area (TPSA) is 112 Å². The van der Waals surface area contributed by atoms with Gasteiger partial charge in [0.05, 0.1) is 11.4 Å². The molecule has 4 aromatic rings. The highest BCUT2D eigenvalue weighted by atomic mass is 32.2. The number of thioether (sulfide) groups is 1. The maximum Gasteiger partial charge on any atom is 0.236 e. The largest absolute Gasteiger partial charge is 0.360 e. The molecule has 0 aliphatic rings. The molecule has 4 rings (SSSR count). The molecule has 0 unspecified atom stereocenters. The summed E-state index contributed by atoms with van der Waals surface area (Å²) in [4.78, 5) is 20.6. The highest BCUT2D eigenvalue weighted by molar-refractivity contribution is 8.00. The molecule has 27 heavy (non-hydrogen) atoms. The van der Waals surface area contributed by atoms with Crippen molar-refractivity contribution in [2.75, 3.05) is 11.1 Å². The quantitative estimate of drug-likeness (QED) is 0.415. The van der Waals surface area contributed by atoms with E-state index >= 15 is 0 Å². The van der Waals surface area contributed by atoms with Gasteiger partial charge in [-0.15, -0.1) is 5.10 Å². The third-order valence-corrected chi connectivity index (χ3v) is 4.70. The second-order valence-electron chi connectivity index (χ2n) is 5.85. The molecule has 0 spiro atoms. The summed E-state index contributed by atoms with van der Waals surface area (Å²) in [5.74, 6) is 0.945. The Labute approximate surface area is 158 Å². The molecule has 0 radical (unpaired) electrons. The Bertz CT molecular complexity index is 1100. The number of fused-ring (bicyclic) bond motifs is 1. The van der Waals surface area contributed by atoms with Crippen molar-refractivity contribution in [1.82, 2.24) is 30.1 Å². The smallest absolute Gasteiger partial charge is 0.236 e. The molecule has 1 N–H and O–H groups in total. The monoisotopic (exact) mass is 381 g/mol. The standard InChI is InChI=1S/C17H15N7O2S/c1-10-3-5-12(6-4-10)24-16-15(21-23-24)17(19-9-18-16)27-8-14(25)20-13-7-11(2)26-22-13/h3-7,9H,8H2,1-2H3,(H,20,22,25). The third kappa shape index (κ3) is 3.65. The van der Waals surface area contributed by atoms with E-state index in [1.54, 1.807) is 17.7 Å². The average molecular weight is 381 g/mol. The molecule has 0 atom stereocenters. The second-order valence-corrected chi connectivity index (χ2v) is 6.81. The number of hydrogen-bond donors (Lipinski definition) is 1. The Morgan fingerprint density at radius 2 is 2.04 bits per heavy atom. The van der Waals surface area contributed by atoms with Gasteiger partial charge in [0.25, 0.3) is 0 Å². The number of anilines is 1. The number of aryl methyl sites for hydroxylation is 2. The van der Waals surface area contributed by atoms with Gasteiger partial charge >= 0.3 is 0 Å². The molecule has 3 heterocycles. The molecule has 0 fully saturated rings. The van der Waals surface area contributed by atoms with E-state index in [2.05, 4.69) is 30.8 Å².